The quantitative estimate of drug-likeness (QED) is 0.744. The molecule has 0 aromatic carbocycles. The Morgan fingerprint density at radius 2 is 1.92 bits per heavy atom. The molecule has 1 aromatic heterocycles. The molecule has 0 aliphatic carbocycles. The fourth-order valence-electron chi connectivity index (χ4n) is 0.685. The van der Waals surface area contributed by atoms with Gasteiger partial charge in [0.15, 0.2) is 0 Å². The van der Waals surface area contributed by atoms with Gasteiger partial charge in [-0.25, -0.2) is 4.98 Å². The summed E-state index contributed by atoms with van der Waals surface area (Å²) < 4.78 is 40.0. The van der Waals surface area contributed by atoms with Crippen LogP contribution in [-0.2, 0) is 11.8 Å². The Balaban J connectivity index is 3.01. The van der Waals surface area contributed by atoms with Crippen LogP contribution in [0, 0.1) is 0 Å². The van der Waals surface area contributed by atoms with E-state index in [0.29, 0.717) is 0 Å². The zero-order chi connectivity index (χ0) is 10.3. The van der Waals surface area contributed by atoms with Gasteiger partial charge < -0.3 is 9.52 Å². The number of aromatic nitrogens is 1. The van der Waals surface area contributed by atoms with E-state index in [-0.39, 0.29) is 5.69 Å². The molecule has 0 unspecified atom stereocenters. The van der Waals surface area contributed by atoms with E-state index in [4.69, 9.17) is 0 Å². The van der Waals surface area contributed by atoms with E-state index in [0.717, 1.165) is 6.26 Å². The fraction of sp³-hybridized carbons (Fsp3) is 0.571. The molecule has 0 atom stereocenters. The molecule has 0 fully saturated rings. The van der Waals surface area contributed by atoms with Crippen molar-refractivity contribution in [2.45, 2.75) is 25.6 Å². The normalized spacial score (nSPS) is 13.4. The monoisotopic (exact) mass is 195 g/mol. The van der Waals surface area contributed by atoms with Crippen molar-refractivity contribution in [3.8, 4) is 0 Å². The van der Waals surface area contributed by atoms with Gasteiger partial charge >= 0.3 is 12.1 Å². The Morgan fingerprint density at radius 1 is 1.38 bits per heavy atom. The minimum absolute atomic E-state index is 0.139. The van der Waals surface area contributed by atoms with E-state index in [1.54, 1.807) is 0 Å². The molecule has 0 radical (unpaired) electrons. The lowest BCUT2D eigenvalue weighted by atomic mass is 10.1. The Bertz CT molecular complexity index is 269. The Kier molecular flexibility index (Phi) is 2.11. The van der Waals surface area contributed by atoms with Gasteiger partial charge in [0.2, 0.25) is 0 Å². The molecule has 13 heavy (non-hydrogen) atoms. The molecule has 0 saturated carbocycles. The highest BCUT2D eigenvalue weighted by molar-refractivity contribution is 5.06. The SMILES string of the molecule is CC(C)(O)c1coc(C(F)(F)F)n1. The summed E-state index contributed by atoms with van der Waals surface area (Å²) in [6, 6.07) is 0. The van der Waals surface area contributed by atoms with Crippen LogP contribution < -0.4 is 0 Å². The number of oxazole rings is 1. The van der Waals surface area contributed by atoms with Gasteiger partial charge in [0.25, 0.3) is 0 Å². The summed E-state index contributed by atoms with van der Waals surface area (Å²) in [7, 11) is 0. The first-order valence-corrected chi connectivity index (χ1v) is 3.47. The van der Waals surface area contributed by atoms with Crippen molar-refractivity contribution in [2.24, 2.45) is 0 Å². The minimum Gasteiger partial charge on any atom is -0.441 e. The Labute approximate surface area is 72.2 Å². The maximum atomic E-state index is 12.0. The molecule has 1 aromatic rings. The second kappa shape index (κ2) is 2.73. The van der Waals surface area contributed by atoms with Gasteiger partial charge in [0.05, 0.1) is 0 Å². The Morgan fingerprint density at radius 3 is 2.15 bits per heavy atom. The van der Waals surface area contributed by atoms with Crippen molar-refractivity contribution in [1.29, 1.82) is 0 Å². The highest BCUT2D eigenvalue weighted by Gasteiger charge is 2.38. The minimum atomic E-state index is -4.61. The molecule has 1 N–H and O–H groups in total. The molecule has 6 heteroatoms. The molecule has 0 amide bonds. The first-order valence-electron chi connectivity index (χ1n) is 3.47. The van der Waals surface area contributed by atoms with Crippen LogP contribution in [0.15, 0.2) is 10.7 Å². The number of halogens is 3. The predicted molar refractivity (Wildman–Crippen MR) is 36.7 cm³/mol. The van der Waals surface area contributed by atoms with Crippen molar-refractivity contribution in [3.05, 3.63) is 17.8 Å². The van der Waals surface area contributed by atoms with Gasteiger partial charge in [-0.2, -0.15) is 13.2 Å². The molecule has 1 rings (SSSR count). The number of nitrogens with zero attached hydrogens (tertiary/aromatic N) is 1. The molecule has 0 spiro atoms. The molecule has 0 saturated heterocycles. The second-order valence-corrected chi connectivity index (χ2v) is 3.09. The van der Waals surface area contributed by atoms with E-state index in [1.165, 1.54) is 13.8 Å². The van der Waals surface area contributed by atoms with Crippen LogP contribution in [0.25, 0.3) is 0 Å². The van der Waals surface area contributed by atoms with E-state index in [9.17, 15) is 18.3 Å². The lowest BCUT2D eigenvalue weighted by molar-refractivity contribution is -0.157. The number of hydrogen-bond donors (Lipinski definition) is 1. The smallest absolute Gasteiger partial charge is 0.441 e. The maximum Gasteiger partial charge on any atom is 0.468 e. The van der Waals surface area contributed by atoms with Gasteiger partial charge in [0, 0.05) is 0 Å². The van der Waals surface area contributed by atoms with Crippen molar-refractivity contribution >= 4 is 0 Å². The number of hydrogen-bond acceptors (Lipinski definition) is 3. The molecule has 74 valence electrons. The molecular weight excluding hydrogens is 187 g/mol. The highest BCUT2D eigenvalue weighted by Crippen LogP contribution is 2.30. The molecule has 0 aliphatic heterocycles. The van der Waals surface area contributed by atoms with Gasteiger partial charge in [-0.15, -0.1) is 0 Å². The summed E-state index contributed by atoms with van der Waals surface area (Å²) in [6.45, 7) is 2.65. The van der Waals surface area contributed by atoms with Crippen LogP contribution in [0.2, 0.25) is 0 Å². The predicted octanol–water partition coefficient (Wildman–Crippen LogP) is 1.92. The standard InChI is InChI=1S/C7H8F3NO2/c1-6(2,12)4-3-13-5(11-4)7(8,9)10/h3,12H,1-2H3. The first kappa shape index (κ1) is 10.0. The average Bonchev–Trinajstić information content (AvgIpc) is 2.28. The van der Waals surface area contributed by atoms with Crippen molar-refractivity contribution in [2.75, 3.05) is 0 Å². The van der Waals surface area contributed by atoms with Crippen LogP contribution in [0.1, 0.15) is 25.4 Å². The molecule has 0 aliphatic rings. The van der Waals surface area contributed by atoms with Gasteiger partial charge in [-0.05, 0) is 13.8 Å². The average molecular weight is 195 g/mol. The third-order valence-corrected chi connectivity index (χ3v) is 1.37. The van der Waals surface area contributed by atoms with Crippen LogP contribution in [0.3, 0.4) is 0 Å². The van der Waals surface area contributed by atoms with Crippen molar-refractivity contribution in [3.63, 3.8) is 0 Å². The lowest BCUT2D eigenvalue weighted by Gasteiger charge is -2.11. The number of alkyl halides is 3. The second-order valence-electron chi connectivity index (χ2n) is 3.09. The Hall–Kier alpha value is -1.04. The fourth-order valence-corrected chi connectivity index (χ4v) is 0.685. The summed E-state index contributed by atoms with van der Waals surface area (Å²) in [4.78, 5) is 3.11. The van der Waals surface area contributed by atoms with Gasteiger partial charge in [-0.1, -0.05) is 0 Å². The summed E-state index contributed by atoms with van der Waals surface area (Å²) in [5.74, 6) is -1.34. The summed E-state index contributed by atoms with van der Waals surface area (Å²) in [5.41, 5.74) is -1.56. The third kappa shape index (κ3) is 2.21. The summed E-state index contributed by atoms with van der Waals surface area (Å²) in [6.07, 6.45) is -3.81. The summed E-state index contributed by atoms with van der Waals surface area (Å²) in [5, 5.41) is 9.28. The highest BCUT2D eigenvalue weighted by atomic mass is 19.4. The van der Waals surface area contributed by atoms with Crippen LogP contribution in [0.5, 0.6) is 0 Å². The molecule has 3 nitrogen and oxygen atoms in total. The van der Waals surface area contributed by atoms with E-state index >= 15 is 0 Å². The number of aliphatic hydroxyl groups is 1. The van der Waals surface area contributed by atoms with Gasteiger partial charge in [0.1, 0.15) is 17.6 Å². The third-order valence-electron chi connectivity index (χ3n) is 1.37. The zero-order valence-electron chi connectivity index (χ0n) is 7.01. The molecular formula is C7H8F3NO2. The zero-order valence-corrected chi connectivity index (χ0v) is 7.01. The van der Waals surface area contributed by atoms with Crippen LogP contribution in [-0.4, -0.2) is 10.1 Å². The first-order chi connectivity index (χ1) is 5.71. The lowest BCUT2D eigenvalue weighted by Crippen LogP contribution is -2.16. The molecule has 1 heterocycles. The van der Waals surface area contributed by atoms with Gasteiger partial charge in [-0.3, -0.25) is 0 Å². The van der Waals surface area contributed by atoms with Crippen LogP contribution in [0.4, 0.5) is 13.2 Å². The summed E-state index contributed by atoms with van der Waals surface area (Å²) >= 11 is 0. The van der Waals surface area contributed by atoms with Crippen LogP contribution >= 0.6 is 0 Å². The maximum absolute atomic E-state index is 12.0. The van der Waals surface area contributed by atoms with Crippen molar-refractivity contribution in [1.82, 2.24) is 4.98 Å². The van der Waals surface area contributed by atoms with Crippen molar-refractivity contribution < 1.29 is 22.7 Å². The molecule has 0 bridgehead atoms. The number of rotatable bonds is 1. The van der Waals surface area contributed by atoms with E-state index in [2.05, 4.69) is 9.40 Å². The topological polar surface area (TPSA) is 46.3 Å². The largest absolute Gasteiger partial charge is 0.468 e. The van der Waals surface area contributed by atoms with E-state index in [1.807, 2.05) is 0 Å². The van der Waals surface area contributed by atoms with E-state index < -0.39 is 17.7 Å².